The van der Waals surface area contributed by atoms with Gasteiger partial charge in [-0.1, -0.05) is 31.5 Å². The first-order valence-corrected chi connectivity index (χ1v) is 10.4. The van der Waals surface area contributed by atoms with Gasteiger partial charge in [0.25, 0.3) is 11.8 Å². The fourth-order valence-electron chi connectivity index (χ4n) is 2.48. The number of carbonyl (C=O) groups is 3. The topological polar surface area (TPSA) is 117 Å². The number of hydrogen-bond donors (Lipinski definition) is 3. The molecule has 10 heteroatoms. The summed E-state index contributed by atoms with van der Waals surface area (Å²) >= 11 is 9.20. The van der Waals surface area contributed by atoms with Crippen molar-refractivity contribution in [2.45, 2.75) is 19.9 Å². The van der Waals surface area contributed by atoms with E-state index < -0.39 is 30.4 Å². The smallest absolute Gasteiger partial charge is 0.341 e. The van der Waals surface area contributed by atoms with E-state index in [0.29, 0.717) is 26.4 Å². The second-order valence-electron chi connectivity index (χ2n) is 6.81. The van der Waals surface area contributed by atoms with E-state index in [4.69, 9.17) is 21.4 Å². The highest BCUT2D eigenvalue weighted by Crippen LogP contribution is 2.25. The van der Waals surface area contributed by atoms with Crippen LogP contribution in [-0.2, 0) is 9.59 Å². The summed E-state index contributed by atoms with van der Waals surface area (Å²) in [5, 5.41) is 15.7. The van der Waals surface area contributed by atoms with Crippen molar-refractivity contribution in [3.8, 4) is 5.75 Å². The Morgan fingerprint density at radius 2 is 1.97 bits per heavy atom. The SMILES string of the molecule is CC(C)C(NC(=O)c1cccc(Cl)c1)C(=O)N/N=C\c1ccc(OCC(=O)O)c(Br)c1. The minimum Gasteiger partial charge on any atom is -0.481 e. The summed E-state index contributed by atoms with van der Waals surface area (Å²) in [6.45, 7) is 3.15. The Labute approximate surface area is 192 Å². The number of aliphatic carboxylic acids is 1. The lowest BCUT2D eigenvalue weighted by Gasteiger charge is -2.20. The van der Waals surface area contributed by atoms with Gasteiger partial charge in [0.15, 0.2) is 6.61 Å². The van der Waals surface area contributed by atoms with Crippen molar-refractivity contribution in [3.63, 3.8) is 0 Å². The van der Waals surface area contributed by atoms with Crippen LogP contribution in [0, 0.1) is 5.92 Å². The molecule has 0 aliphatic heterocycles. The monoisotopic (exact) mass is 509 g/mol. The van der Waals surface area contributed by atoms with Gasteiger partial charge in [-0.2, -0.15) is 5.10 Å². The molecule has 2 amide bonds. The molecule has 0 aliphatic rings. The van der Waals surface area contributed by atoms with Crippen LogP contribution in [0.1, 0.15) is 29.8 Å². The Bertz CT molecular complexity index is 997. The molecule has 1 unspecified atom stereocenters. The van der Waals surface area contributed by atoms with E-state index in [0.717, 1.165) is 0 Å². The molecule has 0 radical (unpaired) electrons. The van der Waals surface area contributed by atoms with Crippen molar-refractivity contribution in [1.82, 2.24) is 10.7 Å². The van der Waals surface area contributed by atoms with E-state index in [2.05, 4.69) is 31.8 Å². The number of hydrogen-bond acceptors (Lipinski definition) is 5. The standard InChI is InChI=1S/C21H21BrClN3O5/c1-12(2)19(25-20(29)14-4-3-5-15(23)9-14)21(30)26-24-10-13-6-7-17(16(22)8-13)31-11-18(27)28/h3-10,12,19H,11H2,1-2H3,(H,25,29)(H,26,30)(H,27,28)/b24-10-. The van der Waals surface area contributed by atoms with Crippen LogP contribution in [0.4, 0.5) is 0 Å². The number of benzene rings is 2. The van der Waals surface area contributed by atoms with Crippen molar-refractivity contribution >= 4 is 51.5 Å². The zero-order chi connectivity index (χ0) is 23.0. The van der Waals surface area contributed by atoms with E-state index in [9.17, 15) is 14.4 Å². The van der Waals surface area contributed by atoms with Crippen molar-refractivity contribution < 1.29 is 24.2 Å². The zero-order valence-electron chi connectivity index (χ0n) is 16.8. The van der Waals surface area contributed by atoms with E-state index in [-0.39, 0.29) is 5.92 Å². The molecule has 0 saturated carbocycles. The summed E-state index contributed by atoms with van der Waals surface area (Å²) in [6, 6.07) is 10.5. The molecule has 2 aromatic rings. The maximum atomic E-state index is 12.5. The van der Waals surface area contributed by atoms with Gasteiger partial charge in [-0.3, -0.25) is 9.59 Å². The predicted molar refractivity (Wildman–Crippen MR) is 121 cm³/mol. The zero-order valence-corrected chi connectivity index (χ0v) is 19.1. The van der Waals surface area contributed by atoms with Crippen molar-refractivity contribution in [3.05, 3.63) is 63.1 Å². The first-order chi connectivity index (χ1) is 14.7. The van der Waals surface area contributed by atoms with E-state index in [1.165, 1.54) is 12.3 Å². The molecule has 2 rings (SSSR count). The normalized spacial score (nSPS) is 11.9. The molecule has 31 heavy (non-hydrogen) atoms. The third-order valence-corrected chi connectivity index (χ3v) is 4.87. The summed E-state index contributed by atoms with van der Waals surface area (Å²) in [4.78, 5) is 35.5. The van der Waals surface area contributed by atoms with Gasteiger partial charge in [-0.05, 0) is 63.8 Å². The van der Waals surface area contributed by atoms with Crippen LogP contribution in [0.15, 0.2) is 52.0 Å². The van der Waals surface area contributed by atoms with Crippen molar-refractivity contribution in [2.75, 3.05) is 6.61 Å². The van der Waals surface area contributed by atoms with Gasteiger partial charge in [-0.15, -0.1) is 0 Å². The van der Waals surface area contributed by atoms with E-state index >= 15 is 0 Å². The predicted octanol–water partition coefficient (Wildman–Crippen LogP) is 3.47. The molecule has 0 fully saturated rings. The first kappa shape index (κ1) is 24.4. The quantitative estimate of drug-likeness (QED) is 0.353. The molecule has 164 valence electrons. The van der Waals surface area contributed by atoms with Gasteiger partial charge >= 0.3 is 5.97 Å². The molecule has 2 aromatic carbocycles. The molecule has 0 bridgehead atoms. The fraction of sp³-hybridized carbons (Fsp3) is 0.238. The Hall–Kier alpha value is -2.91. The number of hydrazone groups is 1. The highest BCUT2D eigenvalue weighted by atomic mass is 79.9. The number of rotatable bonds is 9. The highest BCUT2D eigenvalue weighted by molar-refractivity contribution is 9.10. The number of carbonyl (C=O) groups excluding carboxylic acids is 2. The van der Waals surface area contributed by atoms with Crippen molar-refractivity contribution in [2.24, 2.45) is 11.0 Å². The van der Waals surface area contributed by atoms with Crippen LogP contribution >= 0.6 is 27.5 Å². The molecule has 3 N–H and O–H groups in total. The second kappa shape index (κ2) is 11.5. The van der Waals surface area contributed by atoms with Crippen LogP contribution in [0.3, 0.4) is 0 Å². The van der Waals surface area contributed by atoms with E-state index in [1.54, 1.807) is 50.2 Å². The molecule has 0 spiro atoms. The Balaban J connectivity index is 1.99. The van der Waals surface area contributed by atoms with Gasteiger partial charge in [0.1, 0.15) is 11.8 Å². The number of amides is 2. The molecular weight excluding hydrogens is 490 g/mol. The molecule has 0 aliphatic carbocycles. The summed E-state index contributed by atoms with van der Waals surface area (Å²) < 4.78 is 5.67. The Kier molecular flexibility index (Phi) is 9.02. The average molecular weight is 511 g/mol. The lowest BCUT2D eigenvalue weighted by molar-refractivity contribution is -0.139. The van der Waals surface area contributed by atoms with Crippen LogP contribution in [-0.4, -0.2) is 41.8 Å². The van der Waals surface area contributed by atoms with Gasteiger partial charge < -0.3 is 15.2 Å². The Morgan fingerprint density at radius 3 is 2.58 bits per heavy atom. The average Bonchev–Trinajstić information content (AvgIpc) is 2.70. The molecule has 0 heterocycles. The number of carboxylic acid groups (broad SMARTS) is 1. The van der Waals surface area contributed by atoms with Gasteiger partial charge in [0, 0.05) is 10.6 Å². The first-order valence-electron chi connectivity index (χ1n) is 9.21. The number of carboxylic acids is 1. The van der Waals surface area contributed by atoms with Crippen LogP contribution in [0.5, 0.6) is 5.75 Å². The number of ether oxygens (including phenoxy) is 1. The largest absolute Gasteiger partial charge is 0.481 e. The molecule has 8 nitrogen and oxygen atoms in total. The lowest BCUT2D eigenvalue weighted by Crippen LogP contribution is -2.48. The molecular formula is C21H21BrClN3O5. The number of halogens is 2. The molecule has 0 aromatic heterocycles. The third-order valence-electron chi connectivity index (χ3n) is 4.02. The second-order valence-corrected chi connectivity index (χ2v) is 8.10. The van der Waals surface area contributed by atoms with E-state index in [1.807, 2.05) is 0 Å². The third kappa shape index (κ3) is 7.69. The fourth-order valence-corrected chi connectivity index (χ4v) is 3.18. The summed E-state index contributed by atoms with van der Waals surface area (Å²) in [5.74, 6) is -1.78. The minimum atomic E-state index is -1.08. The molecule has 0 saturated heterocycles. The highest BCUT2D eigenvalue weighted by Gasteiger charge is 2.24. The minimum absolute atomic E-state index is 0.182. The van der Waals surface area contributed by atoms with Crippen LogP contribution < -0.4 is 15.5 Å². The van der Waals surface area contributed by atoms with Crippen LogP contribution in [0.25, 0.3) is 0 Å². The van der Waals surface area contributed by atoms with Gasteiger partial charge in [0.05, 0.1) is 10.7 Å². The summed E-state index contributed by atoms with van der Waals surface area (Å²) in [6.07, 6.45) is 1.42. The maximum Gasteiger partial charge on any atom is 0.341 e. The lowest BCUT2D eigenvalue weighted by atomic mass is 10.0. The van der Waals surface area contributed by atoms with Crippen LogP contribution in [0.2, 0.25) is 5.02 Å². The molecule has 1 atom stereocenters. The Morgan fingerprint density at radius 1 is 1.23 bits per heavy atom. The van der Waals surface area contributed by atoms with Gasteiger partial charge in [-0.25, -0.2) is 10.2 Å². The summed E-state index contributed by atoms with van der Waals surface area (Å²) in [5.41, 5.74) is 3.41. The number of nitrogens with zero attached hydrogens (tertiary/aromatic N) is 1. The van der Waals surface area contributed by atoms with Gasteiger partial charge in [0.2, 0.25) is 0 Å². The van der Waals surface area contributed by atoms with Crippen molar-refractivity contribution in [1.29, 1.82) is 0 Å². The maximum absolute atomic E-state index is 12.5. The number of nitrogens with one attached hydrogen (secondary N) is 2. The summed E-state index contributed by atoms with van der Waals surface area (Å²) in [7, 11) is 0.